The van der Waals surface area contributed by atoms with E-state index in [0.717, 1.165) is 18.4 Å². The molecule has 0 bridgehead atoms. The van der Waals surface area contributed by atoms with Gasteiger partial charge in [-0.15, -0.1) is 0 Å². The number of halogens is 7. The van der Waals surface area contributed by atoms with Crippen LogP contribution in [0.2, 0.25) is 0 Å². The lowest BCUT2D eigenvalue weighted by atomic mass is 9.86. The van der Waals surface area contributed by atoms with Crippen LogP contribution in [-0.2, 0) is 28.3 Å². The molecule has 4 rings (SSSR count). The van der Waals surface area contributed by atoms with Crippen molar-refractivity contribution in [3.05, 3.63) is 70.5 Å². The van der Waals surface area contributed by atoms with E-state index in [1.807, 2.05) is 0 Å². The van der Waals surface area contributed by atoms with E-state index in [9.17, 15) is 40.6 Å². The molecule has 0 heterocycles. The molecule has 11 heteroatoms. The number of carboxylic acid groups (broad SMARTS) is 1. The Hall–Kier alpha value is -2.66. The van der Waals surface area contributed by atoms with Crippen LogP contribution in [-0.4, -0.2) is 35.9 Å². The van der Waals surface area contributed by atoms with Gasteiger partial charge in [-0.2, -0.15) is 26.3 Å². The van der Waals surface area contributed by atoms with Crippen LogP contribution in [0.5, 0.6) is 0 Å². The second kappa shape index (κ2) is 11.4. The van der Waals surface area contributed by atoms with E-state index >= 15 is 0 Å². The fraction of sp³-hybridized carbons (Fsp3) is 0.536. The summed E-state index contributed by atoms with van der Waals surface area (Å²) in [7, 11) is 0. The molecule has 2 aliphatic rings. The minimum absolute atomic E-state index is 0.0531. The van der Waals surface area contributed by atoms with Crippen LogP contribution in [0.4, 0.5) is 30.7 Å². The van der Waals surface area contributed by atoms with E-state index in [1.54, 1.807) is 12.1 Å². The molecular formula is C28H30F7NO3. The van der Waals surface area contributed by atoms with Crippen molar-refractivity contribution in [2.45, 2.75) is 74.9 Å². The van der Waals surface area contributed by atoms with Gasteiger partial charge in [0.15, 0.2) is 0 Å². The third-order valence-corrected chi connectivity index (χ3v) is 7.92. The second-order valence-electron chi connectivity index (χ2n) is 10.5. The second-order valence-corrected chi connectivity index (χ2v) is 10.5. The van der Waals surface area contributed by atoms with Crippen molar-refractivity contribution in [3.8, 4) is 0 Å². The van der Waals surface area contributed by atoms with Gasteiger partial charge in [0, 0.05) is 5.92 Å². The van der Waals surface area contributed by atoms with Crippen molar-refractivity contribution in [2.75, 3.05) is 13.2 Å². The minimum atomic E-state index is -4.93. The number of alkyl halides is 6. The van der Waals surface area contributed by atoms with Crippen molar-refractivity contribution >= 4 is 5.97 Å². The molecule has 0 radical (unpaired) electrons. The average molecular weight is 562 g/mol. The van der Waals surface area contributed by atoms with Crippen LogP contribution < -0.4 is 5.32 Å². The zero-order chi connectivity index (χ0) is 28.4. The van der Waals surface area contributed by atoms with Gasteiger partial charge in [0.25, 0.3) is 0 Å². The predicted molar refractivity (Wildman–Crippen MR) is 129 cm³/mol. The minimum Gasteiger partial charge on any atom is -0.480 e. The maximum atomic E-state index is 13.6. The standard InChI is InChI=1S/C28H30F7NO3/c29-22-6-3-18(4-7-22)24-19(16-36-26(25(37)38)10-1-2-11-26)5-8-23(24)39-12-9-17-13-20(27(30,31)32)15-21(14-17)28(33,34)35/h3-4,6-7,13-15,19,23-24,36H,1-2,5,8-12,16H2,(H,37,38). The summed E-state index contributed by atoms with van der Waals surface area (Å²) in [6.07, 6.45) is -6.55. The summed E-state index contributed by atoms with van der Waals surface area (Å²) in [5.41, 5.74) is -3.10. The van der Waals surface area contributed by atoms with Gasteiger partial charge in [0.05, 0.1) is 23.8 Å². The van der Waals surface area contributed by atoms with Crippen LogP contribution in [0.15, 0.2) is 42.5 Å². The Kier molecular flexibility index (Phi) is 8.61. The highest BCUT2D eigenvalue weighted by molar-refractivity contribution is 5.79. The molecular weight excluding hydrogens is 531 g/mol. The number of benzene rings is 2. The number of ether oxygens (including phenoxy) is 1. The largest absolute Gasteiger partial charge is 0.480 e. The maximum Gasteiger partial charge on any atom is 0.416 e. The molecule has 0 amide bonds. The number of nitrogens with one attached hydrogen (secondary N) is 1. The summed E-state index contributed by atoms with van der Waals surface area (Å²) in [5, 5.41) is 13.0. The summed E-state index contributed by atoms with van der Waals surface area (Å²) in [6.45, 7) is 0.275. The van der Waals surface area contributed by atoms with E-state index < -0.39 is 46.9 Å². The maximum absolute atomic E-state index is 13.6. The van der Waals surface area contributed by atoms with Gasteiger partial charge in [-0.25, -0.2) is 4.39 Å². The Labute approximate surface area is 221 Å². The molecule has 3 unspecified atom stereocenters. The summed E-state index contributed by atoms with van der Waals surface area (Å²) < 4.78 is 98.9. The fourth-order valence-corrected chi connectivity index (χ4v) is 5.89. The first-order valence-corrected chi connectivity index (χ1v) is 12.9. The molecule has 2 N–H and O–H groups in total. The van der Waals surface area contributed by atoms with Crippen molar-refractivity contribution in [3.63, 3.8) is 0 Å². The SMILES string of the molecule is O=C(O)C1(NCC2CCC(OCCc3cc(C(F)(F)F)cc(C(F)(F)F)c3)C2c2ccc(F)cc2)CCCC1. The first kappa shape index (κ1) is 29.3. The first-order valence-electron chi connectivity index (χ1n) is 12.9. The Morgan fingerprint density at radius 1 is 0.949 bits per heavy atom. The Morgan fingerprint density at radius 3 is 2.08 bits per heavy atom. The molecule has 4 nitrogen and oxygen atoms in total. The predicted octanol–water partition coefficient (Wildman–Crippen LogP) is 6.97. The van der Waals surface area contributed by atoms with Gasteiger partial charge in [-0.3, -0.25) is 4.79 Å². The van der Waals surface area contributed by atoms with Crippen LogP contribution in [0.3, 0.4) is 0 Å². The Balaban J connectivity index is 1.48. The van der Waals surface area contributed by atoms with Gasteiger partial charge in [0.2, 0.25) is 0 Å². The third-order valence-electron chi connectivity index (χ3n) is 7.92. The molecule has 39 heavy (non-hydrogen) atoms. The molecule has 3 atom stereocenters. The molecule has 2 fully saturated rings. The fourth-order valence-electron chi connectivity index (χ4n) is 5.89. The van der Waals surface area contributed by atoms with Crippen molar-refractivity contribution < 1.29 is 45.4 Å². The van der Waals surface area contributed by atoms with Crippen LogP contribution >= 0.6 is 0 Å². The van der Waals surface area contributed by atoms with Gasteiger partial charge < -0.3 is 15.2 Å². The van der Waals surface area contributed by atoms with E-state index in [4.69, 9.17) is 4.74 Å². The van der Waals surface area contributed by atoms with Gasteiger partial charge in [-0.05, 0) is 86.0 Å². The van der Waals surface area contributed by atoms with E-state index in [1.165, 1.54) is 12.1 Å². The van der Waals surface area contributed by atoms with Crippen molar-refractivity contribution in [1.82, 2.24) is 5.32 Å². The summed E-state index contributed by atoms with van der Waals surface area (Å²) in [5.74, 6) is -1.63. The van der Waals surface area contributed by atoms with E-state index in [-0.39, 0.29) is 36.5 Å². The zero-order valence-electron chi connectivity index (χ0n) is 21.0. The molecule has 2 aromatic rings. The number of hydrogen-bond donors (Lipinski definition) is 2. The molecule has 2 saturated carbocycles. The van der Waals surface area contributed by atoms with Gasteiger partial charge in [-0.1, -0.05) is 25.0 Å². The molecule has 2 aromatic carbocycles. The number of aliphatic carboxylic acids is 1. The van der Waals surface area contributed by atoms with Crippen LogP contribution in [0, 0.1) is 11.7 Å². The number of carboxylic acids is 1. The number of hydrogen-bond acceptors (Lipinski definition) is 3. The zero-order valence-corrected chi connectivity index (χ0v) is 21.0. The first-order chi connectivity index (χ1) is 18.3. The van der Waals surface area contributed by atoms with Crippen molar-refractivity contribution in [2.24, 2.45) is 5.92 Å². The molecule has 214 valence electrons. The normalized spacial score (nSPS) is 23.3. The Morgan fingerprint density at radius 2 is 1.54 bits per heavy atom. The van der Waals surface area contributed by atoms with Crippen LogP contribution in [0.1, 0.15) is 66.7 Å². The van der Waals surface area contributed by atoms with Gasteiger partial charge >= 0.3 is 18.3 Å². The Bertz CT molecular complexity index is 1110. The molecule has 0 spiro atoms. The summed E-state index contributed by atoms with van der Waals surface area (Å²) in [6, 6.07) is 7.37. The lowest BCUT2D eigenvalue weighted by Gasteiger charge is -2.31. The van der Waals surface area contributed by atoms with E-state index in [2.05, 4.69) is 5.32 Å². The molecule has 0 saturated heterocycles. The smallest absolute Gasteiger partial charge is 0.416 e. The molecule has 2 aliphatic carbocycles. The lowest BCUT2D eigenvalue weighted by Crippen LogP contribution is -2.51. The quantitative estimate of drug-likeness (QED) is 0.325. The average Bonchev–Trinajstić information content (AvgIpc) is 3.50. The summed E-state index contributed by atoms with van der Waals surface area (Å²) >= 11 is 0. The topological polar surface area (TPSA) is 58.6 Å². The number of carbonyl (C=O) groups is 1. The van der Waals surface area contributed by atoms with Gasteiger partial charge in [0.1, 0.15) is 11.4 Å². The highest BCUT2D eigenvalue weighted by Crippen LogP contribution is 2.43. The summed E-state index contributed by atoms with van der Waals surface area (Å²) in [4.78, 5) is 12.0. The van der Waals surface area contributed by atoms with Crippen LogP contribution in [0.25, 0.3) is 0 Å². The molecule has 0 aliphatic heterocycles. The van der Waals surface area contributed by atoms with Crippen molar-refractivity contribution in [1.29, 1.82) is 0 Å². The highest BCUT2D eigenvalue weighted by atomic mass is 19.4. The number of rotatable bonds is 9. The monoisotopic (exact) mass is 561 g/mol. The van der Waals surface area contributed by atoms with E-state index in [0.29, 0.717) is 44.4 Å². The lowest BCUT2D eigenvalue weighted by molar-refractivity contribution is -0.145. The molecule has 0 aromatic heterocycles. The third kappa shape index (κ3) is 6.92. The highest BCUT2D eigenvalue weighted by Gasteiger charge is 2.44.